The Labute approximate surface area is 78.2 Å². The molecule has 0 saturated heterocycles. The molecule has 0 atom stereocenters. The molecule has 0 aromatic heterocycles. The number of nitrogens with one attached hydrogen (secondary N) is 2. The summed E-state index contributed by atoms with van der Waals surface area (Å²) < 4.78 is 0. The van der Waals surface area contributed by atoms with Crippen LogP contribution in [0.25, 0.3) is 11.1 Å². The van der Waals surface area contributed by atoms with Crippen molar-refractivity contribution >= 4 is 0 Å². The third kappa shape index (κ3) is 1.05. The third-order valence-corrected chi connectivity index (χ3v) is 1.99. The van der Waals surface area contributed by atoms with Crippen LogP contribution in [0.1, 0.15) is 0 Å². The molecule has 0 unspecified atom stereocenters. The Morgan fingerprint density at radius 2 is 1.21 bits per heavy atom. The monoisotopic (exact) mass is 192 g/mol. The van der Waals surface area contributed by atoms with Gasteiger partial charge in [0.25, 0.3) is 0 Å². The van der Waals surface area contributed by atoms with Crippen LogP contribution in [0.4, 0.5) is 0 Å². The van der Waals surface area contributed by atoms with Gasteiger partial charge in [0.1, 0.15) is 0 Å². The molecule has 0 bridgehead atoms. The van der Waals surface area contributed by atoms with Gasteiger partial charge in [0.05, 0.1) is 23.1 Å². The van der Waals surface area contributed by atoms with E-state index in [2.05, 4.69) is 0 Å². The maximum atomic E-state index is 9.12. The van der Waals surface area contributed by atoms with Gasteiger partial charge in [0, 0.05) is 11.1 Å². The fourth-order valence-electron chi connectivity index (χ4n) is 1.26. The zero-order valence-electron chi connectivity index (χ0n) is 7.10. The van der Waals surface area contributed by atoms with Gasteiger partial charge in [-0.1, -0.05) is 9.69 Å². The molecule has 0 amide bonds. The van der Waals surface area contributed by atoms with Crippen LogP contribution < -0.4 is 10.7 Å². The number of fused-ring (bicyclic) bond motifs is 1. The van der Waals surface area contributed by atoms with Gasteiger partial charge in [-0.15, -0.1) is 0 Å². The van der Waals surface area contributed by atoms with Crippen molar-refractivity contribution in [3.63, 3.8) is 0 Å². The predicted octanol–water partition coefficient (Wildman–Crippen LogP) is -0.172. The minimum atomic E-state index is 0.194. The van der Waals surface area contributed by atoms with Crippen molar-refractivity contribution in [3.05, 3.63) is 35.2 Å². The van der Waals surface area contributed by atoms with E-state index >= 15 is 0 Å². The molecule has 0 aromatic carbocycles. The number of nitrogens with zero attached hydrogens (tertiary/aromatic N) is 2. The second-order valence-corrected chi connectivity index (χ2v) is 2.89. The maximum Gasteiger partial charge on any atom is 0.0762 e. The fourth-order valence-corrected chi connectivity index (χ4v) is 1.26. The maximum absolute atomic E-state index is 9.12. The predicted molar refractivity (Wildman–Crippen MR) is 45.1 cm³/mol. The molecule has 1 aliphatic heterocycles. The summed E-state index contributed by atoms with van der Waals surface area (Å²) in [5.41, 5.74) is 0.815. The lowest BCUT2D eigenvalue weighted by Gasteiger charge is -2.10. The van der Waals surface area contributed by atoms with Gasteiger partial charge in [-0.05, 0) is 12.1 Å². The van der Waals surface area contributed by atoms with Gasteiger partial charge in [-0.3, -0.25) is 0 Å². The lowest BCUT2D eigenvalue weighted by atomic mass is 10.1. The van der Waals surface area contributed by atoms with E-state index in [4.69, 9.17) is 21.2 Å². The molecule has 4 N–H and O–H groups in total. The number of rotatable bonds is 0. The van der Waals surface area contributed by atoms with Crippen LogP contribution in [-0.4, -0.2) is 20.1 Å². The van der Waals surface area contributed by atoms with Crippen molar-refractivity contribution in [2.45, 2.75) is 0 Å². The van der Waals surface area contributed by atoms with E-state index in [0.717, 1.165) is 0 Å². The van der Waals surface area contributed by atoms with E-state index in [1.54, 1.807) is 0 Å². The summed E-state index contributed by atoms with van der Waals surface area (Å²) in [5, 5.41) is 33.7. The Hall–Kier alpha value is -2.24. The van der Waals surface area contributed by atoms with Crippen LogP contribution in [0.3, 0.4) is 0 Å². The summed E-state index contributed by atoms with van der Waals surface area (Å²) in [6.45, 7) is 0. The molecule has 0 radical (unpaired) electrons. The summed E-state index contributed by atoms with van der Waals surface area (Å²) in [6.07, 6.45) is 2.35. The molecule has 14 heavy (non-hydrogen) atoms. The van der Waals surface area contributed by atoms with E-state index < -0.39 is 0 Å². The van der Waals surface area contributed by atoms with E-state index in [1.807, 2.05) is 0 Å². The molecule has 1 heterocycles. The first kappa shape index (κ1) is 8.36. The molecule has 0 spiro atoms. The molecule has 0 saturated carbocycles. The van der Waals surface area contributed by atoms with Crippen molar-refractivity contribution in [2.24, 2.45) is 0 Å². The first-order valence-corrected chi connectivity index (χ1v) is 3.85. The number of hydrogen-bond donors (Lipinski definition) is 4. The lowest BCUT2D eigenvalue weighted by Crippen LogP contribution is -2.21. The van der Waals surface area contributed by atoms with Gasteiger partial charge in [0.15, 0.2) is 0 Å². The average molecular weight is 192 g/mol. The van der Waals surface area contributed by atoms with Gasteiger partial charge in [-0.2, -0.15) is 0 Å². The van der Waals surface area contributed by atoms with E-state index in [-0.39, 0.29) is 10.7 Å². The summed E-state index contributed by atoms with van der Waals surface area (Å²) in [6, 6.07) is 2.93. The van der Waals surface area contributed by atoms with Gasteiger partial charge >= 0.3 is 0 Å². The van der Waals surface area contributed by atoms with Crippen LogP contribution >= 0.6 is 0 Å². The smallest absolute Gasteiger partial charge is 0.0762 e. The summed E-state index contributed by atoms with van der Waals surface area (Å²) in [5.74, 6) is 0. The minimum Gasteiger partial charge on any atom is -0.411 e. The van der Waals surface area contributed by atoms with Gasteiger partial charge in [0.2, 0.25) is 0 Å². The largest absolute Gasteiger partial charge is 0.411 e. The number of hydrogen-bond acceptors (Lipinski definition) is 4. The van der Waals surface area contributed by atoms with Crippen LogP contribution in [0.15, 0.2) is 24.5 Å². The average Bonchev–Trinajstić information content (AvgIpc) is 2.15. The molecule has 2 rings (SSSR count). The van der Waals surface area contributed by atoms with Gasteiger partial charge < -0.3 is 21.2 Å². The van der Waals surface area contributed by atoms with Crippen LogP contribution in [-0.2, 0) is 0 Å². The molecule has 72 valence electrons. The second-order valence-electron chi connectivity index (χ2n) is 2.89. The van der Waals surface area contributed by atoms with Crippen molar-refractivity contribution < 1.29 is 10.4 Å². The Kier molecular flexibility index (Phi) is 1.57. The van der Waals surface area contributed by atoms with Crippen LogP contribution in [0.2, 0.25) is 0 Å². The Morgan fingerprint density at radius 1 is 0.857 bits per heavy atom. The summed E-state index contributed by atoms with van der Waals surface area (Å²) >= 11 is 0. The van der Waals surface area contributed by atoms with E-state index in [1.165, 1.54) is 24.5 Å². The quantitative estimate of drug-likeness (QED) is 0.436. The molecule has 1 aliphatic carbocycles. The molecular formula is C8H8N4O2. The fraction of sp³-hybridized carbons (Fsp3) is 0. The standard InChI is InChI=1S/C8H8N4O2/c9-7-1-2-8(10)6-4-12(14)11(13)3-5(6)7/h1-4,9-10,13-14H. The highest BCUT2D eigenvalue weighted by molar-refractivity contribution is 5.60. The third-order valence-electron chi connectivity index (χ3n) is 1.99. The summed E-state index contributed by atoms with van der Waals surface area (Å²) in [4.78, 5) is 0.889. The van der Waals surface area contributed by atoms with Crippen LogP contribution in [0.5, 0.6) is 0 Å². The number of aromatic nitrogens is 2. The SMILES string of the molecule is N=c1ccc(=N)c2cn(O)n(O)cc1-2. The second kappa shape index (κ2) is 2.63. The Bertz CT molecular complexity index is 517. The van der Waals surface area contributed by atoms with Gasteiger partial charge in [-0.25, -0.2) is 0 Å². The van der Waals surface area contributed by atoms with Crippen molar-refractivity contribution in [1.29, 1.82) is 10.8 Å². The zero-order valence-corrected chi connectivity index (χ0v) is 7.10. The Morgan fingerprint density at radius 3 is 1.57 bits per heavy atom. The first-order valence-electron chi connectivity index (χ1n) is 3.85. The minimum absolute atomic E-state index is 0.194. The van der Waals surface area contributed by atoms with Crippen LogP contribution in [0, 0.1) is 10.8 Å². The highest BCUT2D eigenvalue weighted by Gasteiger charge is 2.08. The molecule has 6 heteroatoms. The zero-order chi connectivity index (χ0) is 10.3. The normalized spacial score (nSPS) is 10.6. The Balaban J connectivity index is 3.01. The summed E-state index contributed by atoms with van der Waals surface area (Å²) in [7, 11) is 0. The molecule has 6 nitrogen and oxygen atoms in total. The highest BCUT2D eigenvalue weighted by Crippen LogP contribution is 2.09. The highest BCUT2D eigenvalue weighted by atomic mass is 16.6. The van der Waals surface area contributed by atoms with E-state index in [9.17, 15) is 0 Å². The lowest BCUT2D eigenvalue weighted by molar-refractivity contribution is -0.0167. The first-order chi connectivity index (χ1) is 6.59. The molecule has 0 fully saturated rings. The van der Waals surface area contributed by atoms with E-state index in [0.29, 0.717) is 20.8 Å². The van der Waals surface area contributed by atoms with Crippen molar-refractivity contribution in [2.75, 3.05) is 0 Å². The number of benzene rings is 1. The van der Waals surface area contributed by atoms with Crippen molar-refractivity contribution in [3.8, 4) is 11.1 Å². The molecule has 0 aromatic rings. The topological polar surface area (TPSA) is 98.0 Å². The molecule has 2 aliphatic rings. The molecular weight excluding hydrogens is 184 g/mol. The van der Waals surface area contributed by atoms with Crippen molar-refractivity contribution in [1.82, 2.24) is 9.69 Å².